The van der Waals surface area contributed by atoms with Crippen LogP contribution in [0, 0.1) is 5.82 Å². The molecule has 0 aliphatic heterocycles. The van der Waals surface area contributed by atoms with Gasteiger partial charge >= 0.3 is 6.03 Å². The fourth-order valence-corrected chi connectivity index (χ4v) is 2.13. The molecule has 7 heteroatoms. The summed E-state index contributed by atoms with van der Waals surface area (Å²) in [5, 5.41) is 15.2. The van der Waals surface area contributed by atoms with E-state index in [2.05, 4.69) is 15.6 Å². The van der Waals surface area contributed by atoms with Crippen molar-refractivity contribution in [3.05, 3.63) is 64.7 Å². The van der Waals surface area contributed by atoms with Gasteiger partial charge in [0.05, 0.1) is 17.2 Å². The first-order chi connectivity index (χ1) is 11.0. The Hall–Kier alpha value is -2.18. The van der Waals surface area contributed by atoms with Crippen molar-refractivity contribution in [1.82, 2.24) is 15.6 Å². The Bertz CT molecular complexity index is 670. The average Bonchev–Trinajstić information content (AvgIpc) is 2.56. The number of aliphatic hydroxyl groups is 1. The third-order valence-corrected chi connectivity index (χ3v) is 3.64. The monoisotopic (exact) mass is 337 g/mol. The van der Waals surface area contributed by atoms with E-state index in [1.165, 1.54) is 12.1 Å². The molecule has 0 radical (unpaired) electrons. The quantitative estimate of drug-likeness (QED) is 0.785. The number of amides is 2. The normalized spacial score (nSPS) is 13.2. The molecule has 23 heavy (non-hydrogen) atoms. The molecule has 1 heterocycles. The molecule has 0 saturated carbocycles. The molecule has 122 valence electrons. The smallest absolute Gasteiger partial charge is 0.315 e. The van der Waals surface area contributed by atoms with Crippen molar-refractivity contribution < 1.29 is 14.3 Å². The average molecular weight is 338 g/mol. The van der Waals surface area contributed by atoms with Crippen molar-refractivity contribution in [2.45, 2.75) is 19.1 Å². The van der Waals surface area contributed by atoms with Crippen molar-refractivity contribution in [3.63, 3.8) is 0 Å². The predicted octanol–water partition coefficient (Wildman–Crippen LogP) is 2.97. The Balaban J connectivity index is 1.85. The number of halogens is 2. The van der Waals surface area contributed by atoms with Crippen LogP contribution in [-0.2, 0) is 0 Å². The number of carbonyl (C=O) groups excluding carboxylic acids is 1. The lowest BCUT2D eigenvalue weighted by atomic mass is 10.1. The Morgan fingerprint density at radius 3 is 2.65 bits per heavy atom. The van der Waals surface area contributed by atoms with Crippen molar-refractivity contribution >= 4 is 17.6 Å². The van der Waals surface area contributed by atoms with E-state index in [1.54, 1.807) is 24.5 Å². The molecule has 3 N–H and O–H groups in total. The lowest BCUT2D eigenvalue weighted by Crippen LogP contribution is -2.39. The summed E-state index contributed by atoms with van der Waals surface area (Å²) < 4.78 is 13.4. The zero-order chi connectivity index (χ0) is 16.8. The lowest BCUT2D eigenvalue weighted by Gasteiger charge is -2.17. The number of pyridine rings is 1. The fraction of sp³-hybridized carbons (Fsp3) is 0.250. The van der Waals surface area contributed by atoms with Gasteiger partial charge in [0.15, 0.2) is 0 Å². The molecule has 0 aliphatic carbocycles. The fourth-order valence-electron chi connectivity index (χ4n) is 2.01. The van der Waals surface area contributed by atoms with Crippen molar-refractivity contribution in [2.75, 3.05) is 6.54 Å². The maximum atomic E-state index is 13.4. The summed E-state index contributed by atoms with van der Waals surface area (Å²) >= 11 is 5.59. The predicted molar refractivity (Wildman–Crippen MR) is 85.6 cm³/mol. The van der Waals surface area contributed by atoms with Crippen LogP contribution in [-0.4, -0.2) is 22.7 Å². The maximum Gasteiger partial charge on any atom is 0.315 e. The summed E-state index contributed by atoms with van der Waals surface area (Å²) in [7, 11) is 0. The molecule has 0 spiro atoms. The molecule has 0 fully saturated rings. The van der Waals surface area contributed by atoms with Crippen LogP contribution in [0.5, 0.6) is 0 Å². The van der Waals surface area contributed by atoms with Crippen LogP contribution in [0.1, 0.15) is 30.2 Å². The zero-order valence-corrected chi connectivity index (χ0v) is 13.2. The Morgan fingerprint density at radius 1 is 1.30 bits per heavy atom. The first kappa shape index (κ1) is 17.2. The van der Waals surface area contributed by atoms with Gasteiger partial charge in [-0.25, -0.2) is 9.18 Å². The molecule has 2 rings (SSSR count). The van der Waals surface area contributed by atoms with Gasteiger partial charge in [-0.15, -0.1) is 0 Å². The van der Waals surface area contributed by atoms with Crippen LogP contribution >= 0.6 is 11.6 Å². The second kappa shape index (κ2) is 7.89. The standard InChI is InChI=1S/C16H17ClFN3O2/c1-10(11-4-6-19-7-5-11)21-16(23)20-9-15(22)12-2-3-13(17)14(18)8-12/h2-8,10,15,22H,9H2,1H3,(H2,20,21,23)/t10-,15-/m1/s1. The topological polar surface area (TPSA) is 74.2 Å². The van der Waals surface area contributed by atoms with Gasteiger partial charge in [0.1, 0.15) is 5.82 Å². The maximum absolute atomic E-state index is 13.4. The van der Waals surface area contributed by atoms with Gasteiger partial charge < -0.3 is 15.7 Å². The molecule has 0 saturated heterocycles. The highest BCUT2D eigenvalue weighted by molar-refractivity contribution is 6.30. The van der Waals surface area contributed by atoms with Crippen LogP contribution in [0.3, 0.4) is 0 Å². The Kier molecular flexibility index (Phi) is 5.90. The minimum Gasteiger partial charge on any atom is -0.387 e. The summed E-state index contributed by atoms with van der Waals surface area (Å²) in [6, 6.07) is 6.99. The SMILES string of the molecule is C[C@@H](NC(=O)NC[C@@H](O)c1ccc(Cl)c(F)c1)c1ccncc1. The van der Waals surface area contributed by atoms with E-state index >= 15 is 0 Å². The van der Waals surface area contributed by atoms with E-state index in [9.17, 15) is 14.3 Å². The number of nitrogens with one attached hydrogen (secondary N) is 2. The van der Waals surface area contributed by atoms with Gasteiger partial charge in [0, 0.05) is 18.9 Å². The highest BCUT2D eigenvalue weighted by Gasteiger charge is 2.13. The van der Waals surface area contributed by atoms with Gasteiger partial charge in [0.25, 0.3) is 0 Å². The summed E-state index contributed by atoms with van der Waals surface area (Å²) in [5.74, 6) is -0.612. The highest BCUT2D eigenvalue weighted by atomic mass is 35.5. The Labute approximate surface area is 138 Å². The summed E-state index contributed by atoms with van der Waals surface area (Å²) in [6.45, 7) is 1.79. The molecule has 2 aromatic rings. The van der Waals surface area contributed by atoms with Crippen LogP contribution in [0.15, 0.2) is 42.7 Å². The molecule has 2 atom stereocenters. The first-order valence-electron chi connectivity index (χ1n) is 7.04. The summed E-state index contributed by atoms with van der Waals surface area (Å²) in [6.07, 6.45) is 2.26. The molecule has 1 aromatic heterocycles. The van der Waals surface area contributed by atoms with E-state index < -0.39 is 18.0 Å². The third-order valence-electron chi connectivity index (χ3n) is 3.34. The number of hydrogen-bond donors (Lipinski definition) is 3. The van der Waals surface area contributed by atoms with Crippen molar-refractivity contribution in [1.29, 1.82) is 0 Å². The van der Waals surface area contributed by atoms with Gasteiger partial charge in [-0.3, -0.25) is 4.98 Å². The molecule has 0 unspecified atom stereocenters. The summed E-state index contributed by atoms with van der Waals surface area (Å²) in [4.78, 5) is 15.8. The van der Waals surface area contributed by atoms with Gasteiger partial charge in [0.2, 0.25) is 0 Å². The molecule has 2 amide bonds. The summed E-state index contributed by atoms with van der Waals surface area (Å²) in [5.41, 5.74) is 1.25. The van der Waals surface area contributed by atoms with Crippen molar-refractivity contribution in [2.24, 2.45) is 0 Å². The lowest BCUT2D eigenvalue weighted by molar-refractivity contribution is 0.172. The van der Waals surface area contributed by atoms with Crippen LogP contribution < -0.4 is 10.6 Å². The van der Waals surface area contributed by atoms with Crippen LogP contribution in [0.4, 0.5) is 9.18 Å². The minimum atomic E-state index is -1.02. The van der Waals surface area contributed by atoms with Crippen LogP contribution in [0.25, 0.3) is 0 Å². The molecule has 0 aliphatic rings. The number of hydrogen-bond acceptors (Lipinski definition) is 3. The van der Waals surface area contributed by atoms with E-state index in [-0.39, 0.29) is 17.6 Å². The molecular formula is C16H17ClFN3O2. The van der Waals surface area contributed by atoms with Crippen molar-refractivity contribution in [3.8, 4) is 0 Å². The number of aromatic nitrogens is 1. The molecule has 0 bridgehead atoms. The number of urea groups is 1. The van der Waals surface area contributed by atoms with E-state index in [0.717, 1.165) is 11.6 Å². The largest absolute Gasteiger partial charge is 0.387 e. The van der Waals surface area contributed by atoms with Gasteiger partial charge in [-0.2, -0.15) is 0 Å². The number of carbonyl (C=O) groups is 1. The van der Waals surface area contributed by atoms with E-state index in [4.69, 9.17) is 11.6 Å². The number of benzene rings is 1. The second-order valence-electron chi connectivity index (χ2n) is 5.05. The Morgan fingerprint density at radius 2 is 2.00 bits per heavy atom. The third kappa shape index (κ3) is 4.91. The minimum absolute atomic E-state index is 0.0159. The molecule has 1 aromatic carbocycles. The van der Waals surface area contributed by atoms with Gasteiger partial charge in [-0.1, -0.05) is 17.7 Å². The van der Waals surface area contributed by atoms with Crippen LogP contribution in [0.2, 0.25) is 5.02 Å². The number of aliphatic hydroxyl groups excluding tert-OH is 1. The number of rotatable bonds is 5. The zero-order valence-electron chi connectivity index (χ0n) is 12.5. The molecule has 5 nitrogen and oxygen atoms in total. The number of nitrogens with zero attached hydrogens (tertiary/aromatic N) is 1. The molecular weight excluding hydrogens is 321 g/mol. The second-order valence-corrected chi connectivity index (χ2v) is 5.45. The van der Waals surface area contributed by atoms with E-state index in [1.807, 2.05) is 6.92 Å². The van der Waals surface area contributed by atoms with Gasteiger partial charge in [-0.05, 0) is 42.3 Å². The first-order valence-corrected chi connectivity index (χ1v) is 7.42. The highest BCUT2D eigenvalue weighted by Crippen LogP contribution is 2.19. The van der Waals surface area contributed by atoms with E-state index in [0.29, 0.717) is 5.56 Å².